The third-order valence-corrected chi connectivity index (χ3v) is 4.07. The Labute approximate surface area is 179 Å². The van der Waals surface area contributed by atoms with E-state index in [0.717, 1.165) is 43.4 Å². The van der Waals surface area contributed by atoms with Gasteiger partial charge in [0.1, 0.15) is 11.5 Å². The second-order valence-corrected chi connectivity index (χ2v) is 5.81. The topological polar surface area (TPSA) is 54.9 Å². The van der Waals surface area contributed by atoms with Crippen LogP contribution in [0.2, 0.25) is 0 Å². The second kappa shape index (κ2) is 13.2. The van der Waals surface area contributed by atoms with Crippen molar-refractivity contribution in [1.29, 1.82) is 0 Å². The normalized spacial score (nSPS) is 10.7. The molecule has 0 aliphatic heterocycles. The summed E-state index contributed by atoms with van der Waals surface area (Å²) in [5, 5.41) is 6.68. The molecule has 6 heteroatoms. The van der Waals surface area contributed by atoms with E-state index < -0.39 is 0 Å². The van der Waals surface area contributed by atoms with Crippen molar-refractivity contribution in [2.75, 3.05) is 33.9 Å². The van der Waals surface area contributed by atoms with Crippen LogP contribution in [-0.2, 0) is 12.8 Å². The molecule has 0 saturated carbocycles. The first-order chi connectivity index (χ1) is 12.8. The first kappa shape index (κ1) is 23.1. The molecule has 148 valence electrons. The molecule has 0 amide bonds. The van der Waals surface area contributed by atoms with Crippen molar-refractivity contribution >= 4 is 29.9 Å². The summed E-state index contributed by atoms with van der Waals surface area (Å²) in [5.41, 5.74) is 2.36. The van der Waals surface area contributed by atoms with Crippen LogP contribution in [0.25, 0.3) is 0 Å². The molecule has 0 fully saturated rings. The van der Waals surface area contributed by atoms with Gasteiger partial charge in [-0.25, -0.2) is 0 Å². The number of aliphatic imine (C=N–C) groups is 1. The van der Waals surface area contributed by atoms with E-state index in [9.17, 15) is 0 Å². The van der Waals surface area contributed by atoms with Gasteiger partial charge in [-0.3, -0.25) is 4.99 Å². The van der Waals surface area contributed by atoms with Gasteiger partial charge in [0.05, 0.1) is 14.2 Å². The van der Waals surface area contributed by atoms with Crippen LogP contribution >= 0.6 is 24.0 Å². The molecule has 0 unspecified atom stereocenters. The van der Waals surface area contributed by atoms with Gasteiger partial charge in [0.2, 0.25) is 0 Å². The van der Waals surface area contributed by atoms with Crippen LogP contribution in [0.1, 0.15) is 18.1 Å². The Kier molecular flexibility index (Phi) is 11.3. The van der Waals surface area contributed by atoms with Crippen LogP contribution in [0.3, 0.4) is 0 Å². The molecule has 2 aromatic carbocycles. The predicted octanol–water partition coefficient (Wildman–Crippen LogP) is 3.66. The molecule has 0 spiro atoms. The number of benzene rings is 2. The van der Waals surface area contributed by atoms with Crippen molar-refractivity contribution in [3.8, 4) is 11.5 Å². The van der Waals surface area contributed by atoms with Crippen LogP contribution in [0.15, 0.2) is 53.5 Å². The average molecular weight is 483 g/mol. The third-order valence-electron chi connectivity index (χ3n) is 4.07. The zero-order valence-electron chi connectivity index (χ0n) is 16.3. The highest BCUT2D eigenvalue weighted by Crippen LogP contribution is 2.18. The van der Waals surface area contributed by atoms with Gasteiger partial charge >= 0.3 is 0 Å². The lowest BCUT2D eigenvalue weighted by Crippen LogP contribution is -2.38. The highest BCUT2D eigenvalue weighted by Gasteiger charge is 2.04. The summed E-state index contributed by atoms with van der Waals surface area (Å²) in [4.78, 5) is 4.67. The minimum atomic E-state index is 0. The summed E-state index contributed by atoms with van der Waals surface area (Å²) < 4.78 is 10.8. The number of guanidine groups is 1. The van der Waals surface area contributed by atoms with Crippen LogP contribution < -0.4 is 20.1 Å². The minimum Gasteiger partial charge on any atom is -0.496 e. The van der Waals surface area contributed by atoms with E-state index in [-0.39, 0.29) is 24.0 Å². The SMILES string of the molecule is CCNC(=NCCc1ccccc1OC)NCCc1ccccc1OC.I. The Morgan fingerprint density at radius 2 is 1.41 bits per heavy atom. The summed E-state index contributed by atoms with van der Waals surface area (Å²) in [6.07, 6.45) is 1.72. The van der Waals surface area contributed by atoms with Crippen molar-refractivity contribution in [1.82, 2.24) is 10.6 Å². The lowest BCUT2D eigenvalue weighted by molar-refractivity contribution is 0.409. The van der Waals surface area contributed by atoms with Crippen molar-refractivity contribution < 1.29 is 9.47 Å². The zero-order valence-corrected chi connectivity index (χ0v) is 18.7. The Hall–Kier alpha value is -1.96. The molecule has 0 aliphatic rings. The Bertz CT molecular complexity index is 707. The summed E-state index contributed by atoms with van der Waals surface area (Å²) >= 11 is 0. The molecule has 0 aliphatic carbocycles. The summed E-state index contributed by atoms with van der Waals surface area (Å²) in [6, 6.07) is 16.2. The molecule has 2 rings (SSSR count). The molecular weight excluding hydrogens is 453 g/mol. The highest BCUT2D eigenvalue weighted by atomic mass is 127. The van der Waals surface area contributed by atoms with Gasteiger partial charge in [-0.2, -0.15) is 0 Å². The minimum absolute atomic E-state index is 0. The Balaban J connectivity index is 0.00000364. The molecule has 2 N–H and O–H groups in total. The number of methoxy groups -OCH3 is 2. The van der Waals surface area contributed by atoms with Crippen LogP contribution in [0.5, 0.6) is 11.5 Å². The van der Waals surface area contributed by atoms with Gasteiger partial charge in [0.15, 0.2) is 5.96 Å². The number of nitrogens with zero attached hydrogens (tertiary/aromatic N) is 1. The molecule has 2 aromatic rings. The number of rotatable bonds is 9. The van der Waals surface area contributed by atoms with Gasteiger partial charge in [-0.05, 0) is 43.0 Å². The molecular formula is C21H30IN3O2. The number of para-hydroxylation sites is 2. The maximum Gasteiger partial charge on any atom is 0.191 e. The molecule has 0 aromatic heterocycles. The Morgan fingerprint density at radius 3 is 1.96 bits per heavy atom. The van der Waals surface area contributed by atoms with E-state index in [1.807, 2.05) is 36.4 Å². The molecule has 0 saturated heterocycles. The maximum absolute atomic E-state index is 5.40. The molecule has 0 bridgehead atoms. The molecule has 0 atom stereocenters. The summed E-state index contributed by atoms with van der Waals surface area (Å²) in [7, 11) is 3.40. The molecule has 0 radical (unpaired) electrons. The number of ether oxygens (including phenoxy) is 2. The van der Waals surface area contributed by atoms with E-state index in [2.05, 4.69) is 34.7 Å². The van der Waals surface area contributed by atoms with Gasteiger partial charge < -0.3 is 20.1 Å². The second-order valence-electron chi connectivity index (χ2n) is 5.81. The van der Waals surface area contributed by atoms with Gasteiger partial charge in [0.25, 0.3) is 0 Å². The number of halogens is 1. The number of nitrogens with one attached hydrogen (secondary N) is 2. The van der Waals surface area contributed by atoms with E-state index >= 15 is 0 Å². The van der Waals surface area contributed by atoms with Crippen molar-refractivity contribution in [2.24, 2.45) is 4.99 Å². The molecule has 5 nitrogen and oxygen atoms in total. The smallest absolute Gasteiger partial charge is 0.191 e. The van der Waals surface area contributed by atoms with Crippen molar-refractivity contribution in [3.63, 3.8) is 0 Å². The first-order valence-electron chi connectivity index (χ1n) is 9.04. The van der Waals surface area contributed by atoms with Crippen LogP contribution in [-0.4, -0.2) is 39.8 Å². The standard InChI is InChI=1S/C21H29N3O2.HI/c1-4-22-21(23-15-13-17-9-5-7-11-19(17)25-2)24-16-14-18-10-6-8-12-20(18)26-3;/h5-12H,4,13-16H2,1-3H3,(H2,22,23,24);1H. The Morgan fingerprint density at radius 1 is 0.852 bits per heavy atom. The van der Waals surface area contributed by atoms with Gasteiger partial charge in [-0.15, -0.1) is 24.0 Å². The lowest BCUT2D eigenvalue weighted by Gasteiger charge is -2.13. The van der Waals surface area contributed by atoms with E-state index in [1.54, 1.807) is 14.2 Å². The van der Waals surface area contributed by atoms with E-state index in [0.29, 0.717) is 6.54 Å². The lowest BCUT2D eigenvalue weighted by atomic mass is 10.1. The van der Waals surface area contributed by atoms with E-state index in [4.69, 9.17) is 9.47 Å². The number of hydrogen-bond donors (Lipinski definition) is 2. The third kappa shape index (κ3) is 7.66. The van der Waals surface area contributed by atoms with Crippen LogP contribution in [0.4, 0.5) is 0 Å². The zero-order chi connectivity index (χ0) is 18.6. The predicted molar refractivity (Wildman–Crippen MR) is 123 cm³/mol. The fraction of sp³-hybridized carbons (Fsp3) is 0.381. The van der Waals surface area contributed by atoms with Crippen molar-refractivity contribution in [3.05, 3.63) is 59.7 Å². The van der Waals surface area contributed by atoms with Crippen molar-refractivity contribution in [2.45, 2.75) is 19.8 Å². The molecule has 27 heavy (non-hydrogen) atoms. The first-order valence-corrected chi connectivity index (χ1v) is 9.04. The maximum atomic E-state index is 5.40. The summed E-state index contributed by atoms with van der Waals surface area (Å²) in [6.45, 7) is 4.39. The van der Waals surface area contributed by atoms with Gasteiger partial charge in [-0.1, -0.05) is 36.4 Å². The van der Waals surface area contributed by atoms with E-state index in [1.165, 1.54) is 11.1 Å². The van der Waals surface area contributed by atoms with Gasteiger partial charge in [0, 0.05) is 19.6 Å². The monoisotopic (exact) mass is 483 g/mol. The highest BCUT2D eigenvalue weighted by molar-refractivity contribution is 14.0. The number of hydrogen-bond acceptors (Lipinski definition) is 3. The fourth-order valence-electron chi connectivity index (χ4n) is 2.76. The van der Waals surface area contributed by atoms with Crippen LogP contribution in [0, 0.1) is 0 Å². The fourth-order valence-corrected chi connectivity index (χ4v) is 2.76. The molecule has 0 heterocycles. The largest absolute Gasteiger partial charge is 0.496 e. The average Bonchev–Trinajstić information content (AvgIpc) is 2.68. The summed E-state index contributed by atoms with van der Waals surface area (Å²) in [5.74, 6) is 2.67. The quantitative estimate of drug-likeness (QED) is 0.325.